The zero-order chi connectivity index (χ0) is 13.1. The number of halogens is 1. The average Bonchev–Trinajstić information content (AvgIpc) is 2.72. The maximum Gasteiger partial charge on any atom is 0.0878 e. The molecule has 0 aliphatic rings. The SMILES string of the molecule is CCc1cc(C(NN)c2cccc(Cl)c2)n(C)n1. The molecule has 0 aliphatic heterocycles. The molecule has 3 N–H and O–H groups in total. The molecule has 1 unspecified atom stereocenters. The maximum absolute atomic E-state index is 6.01. The van der Waals surface area contributed by atoms with Crippen LogP contribution in [0.25, 0.3) is 0 Å². The maximum atomic E-state index is 6.01. The number of nitrogens with one attached hydrogen (secondary N) is 1. The van der Waals surface area contributed by atoms with Gasteiger partial charge in [-0.05, 0) is 30.2 Å². The topological polar surface area (TPSA) is 55.9 Å². The number of nitrogens with two attached hydrogens (primary N) is 1. The minimum Gasteiger partial charge on any atom is -0.271 e. The number of benzene rings is 1. The number of hydrazine groups is 1. The Morgan fingerprint density at radius 2 is 2.22 bits per heavy atom. The lowest BCUT2D eigenvalue weighted by Crippen LogP contribution is -2.30. The number of hydrogen-bond acceptors (Lipinski definition) is 3. The van der Waals surface area contributed by atoms with Crippen molar-refractivity contribution in [3.63, 3.8) is 0 Å². The first kappa shape index (κ1) is 13.1. The number of aromatic nitrogens is 2. The minimum absolute atomic E-state index is 0.110. The fraction of sp³-hybridized carbons (Fsp3) is 0.308. The summed E-state index contributed by atoms with van der Waals surface area (Å²) in [5, 5.41) is 5.13. The van der Waals surface area contributed by atoms with E-state index in [1.54, 1.807) is 0 Å². The third-order valence-electron chi connectivity index (χ3n) is 2.97. The number of nitrogens with zero attached hydrogens (tertiary/aromatic N) is 2. The minimum atomic E-state index is -0.110. The summed E-state index contributed by atoms with van der Waals surface area (Å²) in [6, 6.07) is 9.62. The molecule has 0 amide bonds. The Balaban J connectivity index is 2.41. The van der Waals surface area contributed by atoms with Gasteiger partial charge in [-0.3, -0.25) is 10.5 Å². The quantitative estimate of drug-likeness (QED) is 0.657. The summed E-state index contributed by atoms with van der Waals surface area (Å²) in [6.07, 6.45) is 0.903. The zero-order valence-corrected chi connectivity index (χ0v) is 11.3. The van der Waals surface area contributed by atoms with E-state index in [4.69, 9.17) is 17.4 Å². The van der Waals surface area contributed by atoms with Gasteiger partial charge in [0.25, 0.3) is 0 Å². The van der Waals surface area contributed by atoms with Crippen LogP contribution in [0.5, 0.6) is 0 Å². The molecular formula is C13H17ClN4. The molecule has 1 atom stereocenters. The van der Waals surface area contributed by atoms with E-state index < -0.39 is 0 Å². The standard InChI is InChI=1S/C13H17ClN4/c1-3-11-8-12(18(2)17-11)13(16-15)9-5-4-6-10(14)7-9/h4-8,13,16H,3,15H2,1-2H3. The molecule has 96 valence electrons. The van der Waals surface area contributed by atoms with Crippen molar-refractivity contribution >= 4 is 11.6 Å². The van der Waals surface area contributed by atoms with Gasteiger partial charge in [0.1, 0.15) is 0 Å². The Bertz CT molecular complexity index is 536. The van der Waals surface area contributed by atoms with Crippen LogP contribution in [0.4, 0.5) is 0 Å². The third kappa shape index (κ3) is 2.56. The summed E-state index contributed by atoms with van der Waals surface area (Å²) in [5.41, 5.74) is 5.92. The van der Waals surface area contributed by atoms with Crippen LogP contribution in [-0.2, 0) is 13.5 Å². The van der Waals surface area contributed by atoms with Crippen molar-refractivity contribution in [3.8, 4) is 0 Å². The smallest absolute Gasteiger partial charge is 0.0878 e. The zero-order valence-electron chi connectivity index (χ0n) is 10.5. The van der Waals surface area contributed by atoms with E-state index in [9.17, 15) is 0 Å². The monoisotopic (exact) mass is 264 g/mol. The van der Waals surface area contributed by atoms with Gasteiger partial charge in [0, 0.05) is 12.1 Å². The van der Waals surface area contributed by atoms with E-state index in [1.807, 2.05) is 36.0 Å². The van der Waals surface area contributed by atoms with E-state index in [1.165, 1.54) is 0 Å². The van der Waals surface area contributed by atoms with Crippen molar-refractivity contribution in [1.29, 1.82) is 0 Å². The van der Waals surface area contributed by atoms with E-state index in [0.717, 1.165) is 23.4 Å². The van der Waals surface area contributed by atoms with E-state index in [2.05, 4.69) is 23.5 Å². The molecule has 1 aromatic carbocycles. The lowest BCUT2D eigenvalue weighted by molar-refractivity contribution is 0.574. The van der Waals surface area contributed by atoms with Gasteiger partial charge in [-0.25, -0.2) is 5.43 Å². The van der Waals surface area contributed by atoms with Gasteiger partial charge in [0.15, 0.2) is 0 Å². The predicted octanol–water partition coefficient (Wildman–Crippen LogP) is 2.19. The Kier molecular flexibility index (Phi) is 4.01. The summed E-state index contributed by atoms with van der Waals surface area (Å²) in [6.45, 7) is 2.08. The molecule has 0 fully saturated rings. The highest BCUT2D eigenvalue weighted by Gasteiger charge is 2.17. The molecule has 1 heterocycles. The van der Waals surface area contributed by atoms with Crippen molar-refractivity contribution in [2.75, 3.05) is 0 Å². The van der Waals surface area contributed by atoms with Crippen molar-refractivity contribution < 1.29 is 0 Å². The Morgan fingerprint density at radius 1 is 1.44 bits per heavy atom. The summed E-state index contributed by atoms with van der Waals surface area (Å²) < 4.78 is 1.85. The van der Waals surface area contributed by atoms with Crippen LogP contribution in [0.15, 0.2) is 30.3 Å². The highest BCUT2D eigenvalue weighted by atomic mass is 35.5. The Hall–Kier alpha value is -1.36. The number of hydrogen-bond donors (Lipinski definition) is 2. The largest absolute Gasteiger partial charge is 0.271 e. The summed E-state index contributed by atoms with van der Waals surface area (Å²) in [7, 11) is 1.92. The van der Waals surface area contributed by atoms with Gasteiger partial charge in [0.2, 0.25) is 0 Å². The molecule has 2 rings (SSSR count). The van der Waals surface area contributed by atoms with E-state index in [0.29, 0.717) is 5.02 Å². The van der Waals surface area contributed by atoms with Gasteiger partial charge in [-0.15, -0.1) is 0 Å². The van der Waals surface area contributed by atoms with Crippen LogP contribution in [0.3, 0.4) is 0 Å². The predicted molar refractivity (Wildman–Crippen MR) is 73.2 cm³/mol. The fourth-order valence-electron chi connectivity index (χ4n) is 2.02. The van der Waals surface area contributed by atoms with Gasteiger partial charge < -0.3 is 0 Å². The van der Waals surface area contributed by atoms with Crippen LogP contribution >= 0.6 is 11.6 Å². The van der Waals surface area contributed by atoms with Gasteiger partial charge >= 0.3 is 0 Å². The van der Waals surface area contributed by atoms with Crippen LogP contribution < -0.4 is 11.3 Å². The second-order valence-corrected chi connectivity index (χ2v) is 4.63. The van der Waals surface area contributed by atoms with E-state index >= 15 is 0 Å². The van der Waals surface area contributed by atoms with Crippen LogP contribution in [0.1, 0.15) is 29.9 Å². The molecule has 4 nitrogen and oxygen atoms in total. The first-order valence-electron chi connectivity index (χ1n) is 5.90. The first-order valence-corrected chi connectivity index (χ1v) is 6.28. The number of rotatable bonds is 4. The number of aryl methyl sites for hydroxylation is 2. The third-order valence-corrected chi connectivity index (χ3v) is 3.21. The molecule has 0 saturated carbocycles. The van der Waals surface area contributed by atoms with Crippen molar-refractivity contribution in [2.24, 2.45) is 12.9 Å². The molecule has 0 spiro atoms. The van der Waals surface area contributed by atoms with Crippen molar-refractivity contribution in [2.45, 2.75) is 19.4 Å². The van der Waals surface area contributed by atoms with Crippen LogP contribution in [0, 0.1) is 0 Å². The van der Waals surface area contributed by atoms with Gasteiger partial charge in [-0.1, -0.05) is 30.7 Å². The first-order chi connectivity index (χ1) is 8.65. The van der Waals surface area contributed by atoms with Crippen LogP contribution in [-0.4, -0.2) is 9.78 Å². The average molecular weight is 265 g/mol. The highest BCUT2D eigenvalue weighted by molar-refractivity contribution is 6.30. The molecule has 18 heavy (non-hydrogen) atoms. The summed E-state index contributed by atoms with van der Waals surface area (Å²) >= 11 is 6.01. The lowest BCUT2D eigenvalue weighted by atomic mass is 10.0. The van der Waals surface area contributed by atoms with Crippen molar-refractivity contribution in [3.05, 3.63) is 52.3 Å². The second kappa shape index (κ2) is 5.52. The molecule has 1 aromatic heterocycles. The lowest BCUT2D eigenvalue weighted by Gasteiger charge is -2.16. The molecule has 5 heteroatoms. The molecule has 0 aliphatic carbocycles. The molecule has 0 saturated heterocycles. The Labute approximate surface area is 112 Å². The van der Waals surface area contributed by atoms with Crippen molar-refractivity contribution in [1.82, 2.24) is 15.2 Å². The Morgan fingerprint density at radius 3 is 2.78 bits per heavy atom. The summed E-state index contributed by atoms with van der Waals surface area (Å²) in [5.74, 6) is 5.67. The molecule has 0 radical (unpaired) electrons. The summed E-state index contributed by atoms with van der Waals surface area (Å²) in [4.78, 5) is 0. The highest BCUT2D eigenvalue weighted by Crippen LogP contribution is 2.24. The van der Waals surface area contributed by atoms with Gasteiger partial charge in [0.05, 0.1) is 17.4 Å². The molecular weight excluding hydrogens is 248 g/mol. The molecule has 0 bridgehead atoms. The van der Waals surface area contributed by atoms with Crippen LogP contribution in [0.2, 0.25) is 5.02 Å². The normalized spacial score (nSPS) is 12.7. The fourth-order valence-corrected chi connectivity index (χ4v) is 2.22. The molecule has 2 aromatic rings. The second-order valence-electron chi connectivity index (χ2n) is 4.19. The van der Waals surface area contributed by atoms with Gasteiger partial charge in [-0.2, -0.15) is 5.10 Å². The van der Waals surface area contributed by atoms with E-state index in [-0.39, 0.29) is 6.04 Å².